The van der Waals surface area contributed by atoms with E-state index in [2.05, 4.69) is 10.3 Å². The molecule has 2 aliphatic rings. The number of fused-ring (bicyclic) bond motifs is 1. The Morgan fingerprint density at radius 2 is 2.00 bits per heavy atom. The number of nitrogens with zero attached hydrogens (tertiary/aromatic N) is 1. The van der Waals surface area contributed by atoms with Crippen LogP contribution < -0.4 is 15.8 Å². The molecule has 2 fully saturated rings. The highest BCUT2D eigenvalue weighted by Gasteiger charge is 2.24. The highest BCUT2D eigenvalue weighted by Crippen LogP contribution is 2.38. The summed E-state index contributed by atoms with van der Waals surface area (Å²) < 4.78 is 6.27. The zero-order chi connectivity index (χ0) is 18.8. The van der Waals surface area contributed by atoms with Gasteiger partial charge in [-0.15, -0.1) is 0 Å². The number of carbonyl (C=O) groups excluding carboxylic acids is 2. The number of rotatable bonds is 4. The number of pyridine rings is 1. The number of hydrogen-bond acceptors (Lipinski definition) is 5. The molecular formula is C21H25N3O3. The molecule has 1 aliphatic heterocycles. The molecule has 1 aromatic heterocycles. The minimum absolute atomic E-state index is 0.171. The molecule has 1 amide bonds. The number of nitrogens with two attached hydrogens (primary N) is 1. The zero-order valence-corrected chi connectivity index (χ0v) is 15.4. The normalized spacial score (nSPS) is 21.3. The number of aromatic nitrogens is 1. The lowest BCUT2D eigenvalue weighted by Gasteiger charge is -2.26. The van der Waals surface area contributed by atoms with Crippen molar-refractivity contribution in [3.05, 3.63) is 35.7 Å². The Balaban J connectivity index is 1.76. The van der Waals surface area contributed by atoms with Gasteiger partial charge >= 0.3 is 0 Å². The van der Waals surface area contributed by atoms with Crippen LogP contribution in [-0.2, 0) is 4.79 Å². The van der Waals surface area contributed by atoms with Gasteiger partial charge in [0, 0.05) is 24.4 Å². The summed E-state index contributed by atoms with van der Waals surface area (Å²) in [7, 11) is 0. The van der Waals surface area contributed by atoms with Gasteiger partial charge in [-0.1, -0.05) is 6.07 Å². The zero-order valence-electron chi connectivity index (χ0n) is 15.4. The Morgan fingerprint density at radius 3 is 2.74 bits per heavy atom. The molecule has 0 radical (unpaired) electrons. The predicted octanol–water partition coefficient (Wildman–Crippen LogP) is 2.69. The van der Waals surface area contributed by atoms with Crippen LogP contribution in [0, 0.1) is 0 Å². The van der Waals surface area contributed by atoms with Crippen molar-refractivity contribution in [3.8, 4) is 5.75 Å². The molecule has 6 nitrogen and oxygen atoms in total. The van der Waals surface area contributed by atoms with Crippen LogP contribution in [0.4, 0.5) is 0 Å². The van der Waals surface area contributed by atoms with E-state index in [1.54, 1.807) is 12.3 Å². The van der Waals surface area contributed by atoms with Crippen molar-refractivity contribution in [3.63, 3.8) is 0 Å². The number of ether oxygens (including phenoxy) is 1. The first-order valence-corrected chi connectivity index (χ1v) is 9.73. The second-order valence-corrected chi connectivity index (χ2v) is 7.53. The maximum atomic E-state index is 12.0. The SMILES string of the molecule is NC(=O)c1cc2c(C3CCCC(=O)C3)ccc(OC3CCNCC3)c2cn1. The van der Waals surface area contributed by atoms with Gasteiger partial charge in [0.05, 0.1) is 0 Å². The van der Waals surface area contributed by atoms with E-state index in [4.69, 9.17) is 10.5 Å². The summed E-state index contributed by atoms with van der Waals surface area (Å²) in [5.41, 5.74) is 6.77. The van der Waals surface area contributed by atoms with Crippen molar-refractivity contribution in [2.45, 2.75) is 50.5 Å². The molecule has 1 saturated carbocycles. The number of primary amides is 1. The first kappa shape index (κ1) is 17.9. The Labute approximate surface area is 158 Å². The first-order valence-electron chi connectivity index (χ1n) is 9.73. The standard InChI is InChI=1S/C21H25N3O3/c22-21(26)19-11-17-16(13-2-1-3-14(25)10-13)4-5-20(18(17)12-24-19)27-15-6-8-23-9-7-15/h4-5,11-13,15,23H,1-3,6-10H2,(H2,22,26). The summed E-state index contributed by atoms with van der Waals surface area (Å²) in [6.45, 7) is 1.91. The van der Waals surface area contributed by atoms with E-state index < -0.39 is 5.91 Å². The summed E-state index contributed by atoms with van der Waals surface area (Å²) in [4.78, 5) is 27.9. The van der Waals surface area contributed by atoms with Gasteiger partial charge in [0.2, 0.25) is 0 Å². The lowest BCUT2D eigenvalue weighted by atomic mass is 9.81. The van der Waals surface area contributed by atoms with E-state index >= 15 is 0 Å². The predicted molar refractivity (Wildman–Crippen MR) is 103 cm³/mol. The van der Waals surface area contributed by atoms with Gasteiger partial charge in [0.25, 0.3) is 5.91 Å². The molecule has 27 heavy (non-hydrogen) atoms. The van der Waals surface area contributed by atoms with Crippen LogP contribution >= 0.6 is 0 Å². The number of nitrogens with one attached hydrogen (secondary N) is 1. The van der Waals surface area contributed by atoms with Gasteiger partial charge in [0.1, 0.15) is 23.3 Å². The van der Waals surface area contributed by atoms with Gasteiger partial charge in [-0.05, 0) is 67.8 Å². The number of ketones is 1. The quantitative estimate of drug-likeness (QED) is 0.866. The van der Waals surface area contributed by atoms with E-state index in [1.807, 2.05) is 12.1 Å². The fraction of sp³-hybridized carbons (Fsp3) is 0.476. The molecule has 1 atom stereocenters. The van der Waals surface area contributed by atoms with Gasteiger partial charge < -0.3 is 15.8 Å². The van der Waals surface area contributed by atoms with E-state index in [0.717, 1.165) is 60.9 Å². The van der Waals surface area contributed by atoms with Crippen molar-refractivity contribution in [1.29, 1.82) is 0 Å². The Kier molecular flexibility index (Phi) is 5.07. The lowest BCUT2D eigenvalue weighted by Crippen LogP contribution is -2.34. The van der Waals surface area contributed by atoms with Crippen LogP contribution in [0.2, 0.25) is 0 Å². The fourth-order valence-corrected chi connectivity index (χ4v) is 4.21. The van der Waals surface area contributed by atoms with Crippen LogP contribution in [0.1, 0.15) is 60.5 Å². The van der Waals surface area contributed by atoms with E-state index in [1.165, 1.54) is 0 Å². The van der Waals surface area contributed by atoms with Crippen LogP contribution in [0.25, 0.3) is 10.8 Å². The van der Waals surface area contributed by atoms with Crippen LogP contribution in [-0.4, -0.2) is 35.9 Å². The topological polar surface area (TPSA) is 94.3 Å². The Bertz CT molecular complexity index is 874. The minimum Gasteiger partial charge on any atom is -0.490 e. The van der Waals surface area contributed by atoms with Crippen molar-refractivity contribution < 1.29 is 14.3 Å². The van der Waals surface area contributed by atoms with Gasteiger partial charge in [-0.25, -0.2) is 0 Å². The van der Waals surface area contributed by atoms with Crippen molar-refractivity contribution in [2.24, 2.45) is 5.73 Å². The minimum atomic E-state index is -0.549. The third-order valence-corrected chi connectivity index (χ3v) is 5.65. The molecule has 1 unspecified atom stereocenters. The number of Topliss-reactive ketones (excluding diaryl/α,β-unsaturated/α-hetero) is 1. The first-order chi connectivity index (χ1) is 13.1. The average molecular weight is 367 g/mol. The summed E-state index contributed by atoms with van der Waals surface area (Å²) in [6, 6.07) is 5.79. The number of hydrogen-bond donors (Lipinski definition) is 2. The van der Waals surface area contributed by atoms with Crippen LogP contribution in [0.3, 0.4) is 0 Å². The number of benzene rings is 1. The van der Waals surface area contributed by atoms with Crippen molar-refractivity contribution in [1.82, 2.24) is 10.3 Å². The third-order valence-electron chi connectivity index (χ3n) is 5.65. The number of amides is 1. The maximum absolute atomic E-state index is 12.0. The highest BCUT2D eigenvalue weighted by atomic mass is 16.5. The summed E-state index contributed by atoms with van der Waals surface area (Å²) >= 11 is 0. The smallest absolute Gasteiger partial charge is 0.267 e. The largest absolute Gasteiger partial charge is 0.490 e. The van der Waals surface area contributed by atoms with Crippen LogP contribution in [0.15, 0.2) is 24.4 Å². The molecule has 1 aliphatic carbocycles. The second kappa shape index (κ2) is 7.64. The van der Waals surface area contributed by atoms with E-state index in [9.17, 15) is 9.59 Å². The summed E-state index contributed by atoms with van der Waals surface area (Å²) in [6.07, 6.45) is 6.89. The third kappa shape index (κ3) is 3.81. The average Bonchev–Trinajstić information content (AvgIpc) is 2.68. The van der Waals surface area contributed by atoms with Crippen molar-refractivity contribution >= 4 is 22.5 Å². The molecule has 3 N–H and O–H groups in total. The number of piperidine rings is 1. The second-order valence-electron chi connectivity index (χ2n) is 7.53. The molecule has 1 saturated heterocycles. The van der Waals surface area contributed by atoms with E-state index in [0.29, 0.717) is 18.6 Å². The molecule has 4 rings (SSSR count). The van der Waals surface area contributed by atoms with Crippen molar-refractivity contribution in [2.75, 3.05) is 13.1 Å². The fourth-order valence-electron chi connectivity index (χ4n) is 4.21. The molecule has 0 bridgehead atoms. The molecule has 1 aromatic carbocycles. The lowest BCUT2D eigenvalue weighted by molar-refractivity contribution is -0.120. The molecule has 142 valence electrons. The molecule has 0 spiro atoms. The number of carbonyl (C=O) groups is 2. The van der Waals surface area contributed by atoms with Gasteiger partial charge in [-0.3, -0.25) is 14.6 Å². The van der Waals surface area contributed by atoms with Crippen LogP contribution in [0.5, 0.6) is 5.75 Å². The molecule has 2 aromatic rings. The van der Waals surface area contributed by atoms with Gasteiger partial charge in [0.15, 0.2) is 0 Å². The maximum Gasteiger partial charge on any atom is 0.267 e. The summed E-state index contributed by atoms with van der Waals surface area (Å²) in [5, 5.41) is 5.14. The Morgan fingerprint density at radius 1 is 1.19 bits per heavy atom. The highest BCUT2D eigenvalue weighted by molar-refractivity contribution is 5.98. The molecule has 6 heteroatoms. The molecular weight excluding hydrogens is 342 g/mol. The van der Waals surface area contributed by atoms with Gasteiger partial charge in [-0.2, -0.15) is 0 Å². The molecule has 2 heterocycles. The van der Waals surface area contributed by atoms with E-state index in [-0.39, 0.29) is 17.7 Å². The summed E-state index contributed by atoms with van der Waals surface area (Å²) in [5.74, 6) is 0.710. The monoisotopic (exact) mass is 367 g/mol. The Hall–Kier alpha value is -2.47.